The quantitative estimate of drug-likeness (QED) is 0.312. The van der Waals surface area contributed by atoms with Crippen LogP contribution in [-0.2, 0) is 35.8 Å². The van der Waals surface area contributed by atoms with Crippen LogP contribution in [0.1, 0.15) is 46.9 Å². The lowest BCUT2D eigenvalue weighted by atomic mass is 9.95. The highest BCUT2D eigenvalue weighted by atomic mass is 19.1. The van der Waals surface area contributed by atoms with E-state index in [0.717, 1.165) is 41.8 Å². The average molecular weight is 615 g/mol. The number of amides is 1. The van der Waals surface area contributed by atoms with E-state index in [0.29, 0.717) is 56.1 Å². The zero-order valence-corrected chi connectivity index (χ0v) is 25.6. The third-order valence-corrected chi connectivity index (χ3v) is 9.00. The smallest absolute Gasteiger partial charge is 0.410 e. The molecule has 1 amide bonds. The number of hydrogen-bond acceptors (Lipinski definition) is 8. The van der Waals surface area contributed by atoms with E-state index in [9.17, 15) is 9.18 Å². The number of nitrogens with zero attached hydrogens (tertiary/aromatic N) is 6. The number of rotatable bonds is 9. The molecule has 3 aliphatic heterocycles. The molecule has 45 heavy (non-hydrogen) atoms. The predicted molar refractivity (Wildman–Crippen MR) is 166 cm³/mol. The minimum absolute atomic E-state index is 0.139. The van der Waals surface area contributed by atoms with Gasteiger partial charge in [0.25, 0.3) is 0 Å². The highest BCUT2D eigenvalue weighted by Crippen LogP contribution is 2.37. The molecule has 2 saturated heterocycles. The molecular formula is C34H39FN6O4. The molecule has 0 spiro atoms. The number of aromatic nitrogens is 2. The van der Waals surface area contributed by atoms with E-state index in [2.05, 4.69) is 21.7 Å². The van der Waals surface area contributed by atoms with Crippen molar-refractivity contribution in [1.29, 1.82) is 0 Å². The molecule has 2 aromatic carbocycles. The van der Waals surface area contributed by atoms with Crippen LogP contribution < -0.4 is 9.64 Å². The second-order valence-electron chi connectivity index (χ2n) is 11.9. The third kappa shape index (κ3) is 7.02. The summed E-state index contributed by atoms with van der Waals surface area (Å²) in [5.74, 6) is 0.694. The van der Waals surface area contributed by atoms with Gasteiger partial charge in [-0.25, -0.2) is 15.8 Å². The zero-order valence-electron chi connectivity index (χ0n) is 25.6. The summed E-state index contributed by atoms with van der Waals surface area (Å²) >= 11 is 0. The maximum Gasteiger partial charge on any atom is 0.410 e. The lowest BCUT2D eigenvalue weighted by Gasteiger charge is -2.40. The Morgan fingerprint density at radius 2 is 1.91 bits per heavy atom. The molecule has 10 nitrogen and oxygen atoms in total. The first-order valence-electron chi connectivity index (χ1n) is 15.6. The summed E-state index contributed by atoms with van der Waals surface area (Å²) < 4.78 is 32.0. The Kier molecular flexibility index (Phi) is 9.72. The number of benzene rings is 2. The highest BCUT2D eigenvalue weighted by Gasteiger charge is 2.37. The SMILES string of the molecule is [C-]#[N+]C[C@H]1CN(c2nc(OC[C@H]3CCCN3C)nc3c2COC(c2ccccc2CF)C3)CCN1C(=O)OCc1ccccc1. The number of likely N-dealkylation sites (tertiary alicyclic amines) is 1. The van der Waals surface area contributed by atoms with Crippen LogP contribution in [0, 0.1) is 6.57 Å². The molecule has 6 rings (SSSR count). The van der Waals surface area contributed by atoms with Gasteiger partial charge >= 0.3 is 12.1 Å². The molecule has 0 aliphatic carbocycles. The van der Waals surface area contributed by atoms with Gasteiger partial charge in [-0.1, -0.05) is 54.6 Å². The van der Waals surface area contributed by atoms with Crippen molar-refractivity contribution < 1.29 is 23.4 Å². The fraction of sp³-hybridized carbons (Fsp3) is 0.471. The molecule has 0 N–H and O–H groups in total. The van der Waals surface area contributed by atoms with Crippen molar-refractivity contribution >= 4 is 11.9 Å². The first-order valence-corrected chi connectivity index (χ1v) is 15.6. The number of anilines is 1. The zero-order chi connectivity index (χ0) is 31.2. The van der Waals surface area contributed by atoms with E-state index in [1.54, 1.807) is 11.0 Å². The van der Waals surface area contributed by atoms with Crippen molar-refractivity contribution in [2.24, 2.45) is 0 Å². The van der Waals surface area contributed by atoms with Crippen LogP contribution in [0.15, 0.2) is 54.6 Å². The van der Waals surface area contributed by atoms with Crippen molar-refractivity contribution in [3.8, 4) is 6.01 Å². The Labute approximate surface area is 263 Å². The number of ether oxygens (including phenoxy) is 3. The van der Waals surface area contributed by atoms with E-state index in [1.165, 1.54) is 0 Å². The van der Waals surface area contributed by atoms with Crippen molar-refractivity contribution in [1.82, 2.24) is 19.8 Å². The van der Waals surface area contributed by atoms with Crippen LogP contribution in [0.5, 0.6) is 6.01 Å². The second-order valence-corrected chi connectivity index (χ2v) is 11.9. The summed E-state index contributed by atoms with van der Waals surface area (Å²) in [5, 5.41) is 0. The van der Waals surface area contributed by atoms with E-state index in [-0.39, 0.29) is 31.9 Å². The lowest BCUT2D eigenvalue weighted by Crippen LogP contribution is -2.57. The van der Waals surface area contributed by atoms with Gasteiger partial charge in [0.15, 0.2) is 0 Å². The van der Waals surface area contributed by atoms with Gasteiger partial charge in [0.1, 0.15) is 31.7 Å². The van der Waals surface area contributed by atoms with Crippen LogP contribution >= 0.6 is 0 Å². The van der Waals surface area contributed by atoms with E-state index in [1.807, 2.05) is 48.5 Å². The van der Waals surface area contributed by atoms with Crippen LogP contribution in [0.2, 0.25) is 0 Å². The first kappa shape index (κ1) is 30.7. The van der Waals surface area contributed by atoms with Gasteiger partial charge in [-0.2, -0.15) is 9.97 Å². The predicted octanol–water partition coefficient (Wildman–Crippen LogP) is 4.98. The van der Waals surface area contributed by atoms with Gasteiger partial charge in [0.05, 0.1) is 18.4 Å². The number of halogens is 1. The van der Waals surface area contributed by atoms with Crippen molar-refractivity contribution in [2.45, 2.75) is 57.3 Å². The summed E-state index contributed by atoms with van der Waals surface area (Å²) in [6.07, 6.45) is 1.88. The fourth-order valence-electron chi connectivity index (χ4n) is 6.44. The van der Waals surface area contributed by atoms with Gasteiger partial charge in [-0.05, 0) is 43.1 Å². The molecule has 3 aromatic rings. The van der Waals surface area contributed by atoms with E-state index in [4.69, 9.17) is 30.8 Å². The number of hydrogen-bond donors (Lipinski definition) is 0. The largest absolute Gasteiger partial charge is 0.462 e. The maximum absolute atomic E-state index is 13.8. The van der Waals surface area contributed by atoms with Crippen molar-refractivity contribution in [3.63, 3.8) is 0 Å². The normalized spacial score (nSPS) is 21.7. The van der Waals surface area contributed by atoms with Crippen molar-refractivity contribution in [2.75, 3.05) is 51.3 Å². The molecule has 0 saturated carbocycles. The molecule has 1 aromatic heterocycles. The molecular weight excluding hydrogens is 575 g/mol. The highest BCUT2D eigenvalue weighted by molar-refractivity contribution is 5.69. The standard InChI is InChI=1S/C34H39FN6O4/c1-36-19-27-20-40(15-16-41(27)34(42)45-21-24-9-4-3-5-10-24)32-29-23-43-31(28-13-7-6-11-25(28)18-35)17-30(29)37-33(38-32)44-22-26-12-8-14-39(26)2/h3-7,9-11,13,26-27,31H,8,12,14-23H2,2H3/t26-,27+,31?/m1/s1. The minimum Gasteiger partial charge on any atom is -0.462 e. The van der Waals surface area contributed by atoms with Gasteiger partial charge < -0.3 is 28.9 Å². The molecule has 2 fully saturated rings. The molecule has 0 radical (unpaired) electrons. The molecule has 4 heterocycles. The number of carbonyl (C=O) groups is 1. The molecule has 3 atom stereocenters. The number of piperazine rings is 1. The Balaban J connectivity index is 1.24. The topological polar surface area (TPSA) is 84.6 Å². The molecule has 236 valence electrons. The molecule has 1 unspecified atom stereocenters. The molecule has 0 bridgehead atoms. The summed E-state index contributed by atoms with van der Waals surface area (Å²) in [6.45, 7) is 10.4. The Morgan fingerprint density at radius 3 is 2.69 bits per heavy atom. The number of carbonyl (C=O) groups excluding carboxylic acids is 1. The van der Waals surface area contributed by atoms with Gasteiger partial charge in [0, 0.05) is 37.7 Å². The van der Waals surface area contributed by atoms with Crippen LogP contribution in [0.25, 0.3) is 4.85 Å². The summed E-state index contributed by atoms with van der Waals surface area (Å²) in [6, 6.07) is 17.2. The van der Waals surface area contributed by atoms with Gasteiger partial charge in [0.2, 0.25) is 6.54 Å². The summed E-state index contributed by atoms with van der Waals surface area (Å²) in [7, 11) is 2.10. The molecule has 11 heteroatoms. The van der Waals surface area contributed by atoms with Crippen molar-refractivity contribution in [3.05, 3.63) is 94.0 Å². The first-order chi connectivity index (χ1) is 22.0. The lowest BCUT2D eigenvalue weighted by molar-refractivity contribution is 0.0246. The third-order valence-electron chi connectivity index (χ3n) is 9.00. The van der Waals surface area contributed by atoms with Crippen LogP contribution in [-0.4, -0.2) is 84.3 Å². The van der Waals surface area contributed by atoms with E-state index < -0.39 is 12.8 Å². The van der Waals surface area contributed by atoms with Gasteiger partial charge in [-0.15, -0.1) is 0 Å². The fourth-order valence-corrected chi connectivity index (χ4v) is 6.44. The average Bonchev–Trinajstić information content (AvgIpc) is 3.50. The second kappa shape index (κ2) is 14.2. The number of fused-ring (bicyclic) bond motifs is 1. The minimum atomic E-state index is -0.568. The van der Waals surface area contributed by atoms with Crippen LogP contribution in [0.3, 0.4) is 0 Å². The Hall–Kier alpha value is -4.27. The summed E-state index contributed by atoms with van der Waals surface area (Å²) in [5.41, 5.74) is 4.00. The van der Waals surface area contributed by atoms with Crippen LogP contribution in [0.4, 0.5) is 15.0 Å². The number of alkyl halides is 1. The van der Waals surface area contributed by atoms with E-state index >= 15 is 0 Å². The molecule has 3 aliphatic rings. The Morgan fingerprint density at radius 1 is 1.09 bits per heavy atom. The Bertz CT molecular complexity index is 1520. The monoisotopic (exact) mass is 614 g/mol. The maximum atomic E-state index is 13.8. The van der Waals surface area contributed by atoms with Gasteiger partial charge in [-0.3, -0.25) is 4.90 Å². The number of likely N-dealkylation sites (N-methyl/N-ethyl adjacent to an activating group) is 1. The summed E-state index contributed by atoms with van der Waals surface area (Å²) in [4.78, 5) is 32.6.